The van der Waals surface area contributed by atoms with Gasteiger partial charge >= 0.3 is 0 Å². The molecule has 0 spiro atoms. The summed E-state index contributed by atoms with van der Waals surface area (Å²) in [6.07, 6.45) is -0.385. The highest BCUT2D eigenvalue weighted by atomic mass is 16.5. The second kappa shape index (κ2) is 4.73. The van der Waals surface area contributed by atoms with Gasteiger partial charge in [0.2, 0.25) is 0 Å². The van der Waals surface area contributed by atoms with Gasteiger partial charge in [-0.05, 0) is 13.8 Å². The van der Waals surface area contributed by atoms with Crippen molar-refractivity contribution in [1.29, 1.82) is 0 Å². The van der Waals surface area contributed by atoms with E-state index in [0.29, 0.717) is 13.2 Å². The fraction of sp³-hybridized carbons (Fsp3) is 1.00. The number of hydrogen-bond acceptors (Lipinski definition) is 3. The van der Waals surface area contributed by atoms with Gasteiger partial charge in [-0.2, -0.15) is 0 Å². The molecular formula is C6H15NO2. The topological polar surface area (TPSA) is 55.5 Å². The van der Waals surface area contributed by atoms with Crippen LogP contribution in [0.5, 0.6) is 0 Å². The Kier molecular flexibility index (Phi) is 4.67. The number of ether oxygens (including phenoxy) is 1. The monoisotopic (exact) mass is 133 g/mol. The molecule has 0 aromatic heterocycles. The van der Waals surface area contributed by atoms with E-state index in [0.717, 1.165) is 0 Å². The molecule has 0 aliphatic carbocycles. The summed E-state index contributed by atoms with van der Waals surface area (Å²) in [5.74, 6) is 0. The SMILES string of the molecule is C[C@@H](N)COC[C@@H](C)O. The summed E-state index contributed by atoms with van der Waals surface area (Å²) in [6, 6.07) is 0.0590. The Bertz CT molecular complexity index is 56.1. The number of rotatable bonds is 4. The molecular weight excluding hydrogens is 118 g/mol. The lowest BCUT2D eigenvalue weighted by Crippen LogP contribution is -2.24. The maximum atomic E-state index is 8.70. The Morgan fingerprint density at radius 3 is 2.33 bits per heavy atom. The number of nitrogens with two attached hydrogens (primary N) is 1. The van der Waals surface area contributed by atoms with Gasteiger partial charge in [-0.3, -0.25) is 0 Å². The van der Waals surface area contributed by atoms with Gasteiger partial charge in [0.15, 0.2) is 0 Å². The van der Waals surface area contributed by atoms with Gasteiger partial charge < -0.3 is 15.6 Å². The van der Waals surface area contributed by atoms with E-state index < -0.39 is 0 Å². The van der Waals surface area contributed by atoms with Crippen molar-refractivity contribution in [3.63, 3.8) is 0 Å². The van der Waals surface area contributed by atoms with Gasteiger partial charge in [0, 0.05) is 6.04 Å². The van der Waals surface area contributed by atoms with Crippen molar-refractivity contribution in [3.8, 4) is 0 Å². The molecule has 0 unspecified atom stereocenters. The van der Waals surface area contributed by atoms with E-state index in [2.05, 4.69) is 0 Å². The first-order valence-corrected chi connectivity index (χ1v) is 3.14. The molecule has 0 aromatic rings. The van der Waals surface area contributed by atoms with Crippen LogP contribution in [-0.4, -0.2) is 30.5 Å². The van der Waals surface area contributed by atoms with Crippen molar-refractivity contribution in [1.82, 2.24) is 0 Å². The van der Waals surface area contributed by atoms with Crippen LogP contribution in [0.3, 0.4) is 0 Å². The highest BCUT2D eigenvalue weighted by molar-refractivity contribution is 4.49. The molecule has 0 bridgehead atoms. The molecule has 0 aromatic carbocycles. The molecule has 0 saturated heterocycles. The molecule has 3 nitrogen and oxygen atoms in total. The first kappa shape index (κ1) is 8.88. The summed E-state index contributed by atoms with van der Waals surface area (Å²) < 4.78 is 4.98. The van der Waals surface area contributed by atoms with Gasteiger partial charge in [0.05, 0.1) is 19.3 Å². The minimum absolute atomic E-state index is 0.0590. The quantitative estimate of drug-likeness (QED) is 0.555. The Balaban J connectivity index is 2.91. The Morgan fingerprint density at radius 2 is 2.00 bits per heavy atom. The van der Waals surface area contributed by atoms with E-state index in [1.54, 1.807) is 6.92 Å². The lowest BCUT2D eigenvalue weighted by molar-refractivity contribution is 0.0419. The van der Waals surface area contributed by atoms with Gasteiger partial charge in [-0.15, -0.1) is 0 Å². The van der Waals surface area contributed by atoms with Crippen LogP contribution in [-0.2, 0) is 4.74 Å². The van der Waals surface area contributed by atoms with E-state index >= 15 is 0 Å². The van der Waals surface area contributed by atoms with Gasteiger partial charge in [0.25, 0.3) is 0 Å². The molecule has 56 valence electrons. The minimum atomic E-state index is -0.385. The summed E-state index contributed by atoms with van der Waals surface area (Å²) in [4.78, 5) is 0. The van der Waals surface area contributed by atoms with Crippen LogP contribution in [0.2, 0.25) is 0 Å². The van der Waals surface area contributed by atoms with Crippen LogP contribution >= 0.6 is 0 Å². The minimum Gasteiger partial charge on any atom is -0.391 e. The zero-order valence-corrected chi connectivity index (χ0v) is 6.00. The van der Waals surface area contributed by atoms with E-state index in [1.165, 1.54) is 0 Å². The highest BCUT2D eigenvalue weighted by Crippen LogP contribution is 1.83. The van der Waals surface area contributed by atoms with Crippen molar-refractivity contribution >= 4 is 0 Å². The van der Waals surface area contributed by atoms with Crippen LogP contribution in [0, 0.1) is 0 Å². The fourth-order valence-electron chi connectivity index (χ4n) is 0.424. The summed E-state index contributed by atoms with van der Waals surface area (Å²) in [5.41, 5.74) is 5.37. The Hall–Kier alpha value is -0.120. The summed E-state index contributed by atoms with van der Waals surface area (Å²) >= 11 is 0. The third-order valence-electron chi connectivity index (χ3n) is 0.740. The molecule has 2 atom stereocenters. The normalized spacial score (nSPS) is 17.3. The summed E-state index contributed by atoms with van der Waals surface area (Å²) in [7, 11) is 0. The maximum absolute atomic E-state index is 8.70. The number of aliphatic hydroxyl groups excluding tert-OH is 1. The van der Waals surface area contributed by atoms with Crippen molar-refractivity contribution in [2.75, 3.05) is 13.2 Å². The predicted octanol–water partition coefficient (Wildman–Crippen LogP) is -0.269. The van der Waals surface area contributed by atoms with Gasteiger partial charge in [-0.25, -0.2) is 0 Å². The van der Waals surface area contributed by atoms with E-state index in [1.807, 2.05) is 6.92 Å². The lowest BCUT2D eigenvalue weighted by Gasteiger charge is -2.07. The lowest BCUT2D eigenvalue weighted by atomic mass is 10.4. The van der Waals surface area contributed by atoms with Gasteiger partial charge in [-0.1, -0.05) is 0 Å². The maximum Gasteiger partial charge on any atom is 0.0745 e. The molecule has 0 rings (SSSR count). The third-order valence-corrected chi connectivity index (χ3v) is 0.740. The zero-order chi connectivity index (χ0) is 7.28. The predicted molar refractivity (Wildman–Crippen MR) is 36.1 cm³/mol. The molecule has 0 aliphatic rings. The average molecular weight is 133 g/mol. The highest BCUT2D eigenvalue weighted by Gasteiger charge is 1.96. The van der Waals surface area contributed by atoms with E-state index in [4.69, 9.17) is 15.6 Å². The smallest absolute Gasteiger partial charge is 0.0745 e. The molecule has 0 fully saturated rings. The van der Waals surface area contributed by atoms with Crippen LogP contribution in [0.1, 0.15) is 13.8 Å². The van der Waals surface area contributed by atoms with Crippen molar-refractivity contribution in [2.45, 2.75) is 26.0 Å². The van der Waals surface area contributed by atoms with Crippen LogP contribution in [0.4, 0.5) is 0 Å². The van der Waals surface area contributed by atoms with Crippen LogP contribution in [0.25, 0.3) is 0 Å². The Morgan fingerprint density at radius 1 is 1.44 bits per heavy atom. The van der Waals surface area contributed by atoms with E-state index in [9.17, 15) is 0 Å². The second-order valence-corrected chi connectivity index (χ2v) is 2.36. The average Bonchev–Trinajstić information content (AvgIpc) is 1.63. The molecule has 0 saturated carbocycles. The molecule has 0 amide bonds. The molecule has 3 N–H and O–H groups in total. The number of hydrogen-bond donors (Lipinski definition) is 2. The molecule has 0 heterocycles. The third kappa shape index (κ3) is 7.88. The summed E-state index contributed by atoms with van der Waals surface area (Å²) in [6.45, 7) is 4.44. The molecule has 0 aliphatic heterocycles. The molecule has 9 heavy (non-hydrogen) atoms. The second-order valence-electron chi connectivity index (χ2n) is 2.36. The fourth-order valence-corrected chi connectivity index (χ4v) is 0.424. The van der Waals surface area contributed by atoms with Crippen LogP contribution < -0.4 is 5.73 Å². The van der Waals surface area contributed by atoms with Crippen molar-refractivity contribution < 1.29 is 9.84 Å². The largest absolute Gasteiger partial charge is 0.391 e. The first-order valence-electron chi connectivity index (χ1n) is 3.14. The molecule has 0 radical (unpaired) electrons. The van der Waals surface area contributed by atoms with Crippen molar-refractivity contribution in [2.24, 2.45) is 5.73 Å². The Labute approximate surface area is 55.8 Å². The van der Waals surface area contributed by atoms with Crippen molar-refractivity contribution in [3.05, 3.63) is 0 Å². The molecule has 3 heteroatoms. The zero-order valence-electron chi connectivity index (χ0n) is 6.00. The summed E-state index contributed by atoms with van der Waals surface area (Å²) in [5, 5.41) is 8.70. The number of aliphatic hydroxyl groups is 1. The van der Waals surface area contributed by atoms with E-state index in [-0.39, 0.29) is 12.1 Å². The van der Waals surface area contributed by atoms with Crippen LogP contribution in [0.15, 0.2) is 0 Å². The standard InChI is InChI=1S/C6H15NO2/c1-5(7)3-9-4-6(2)8/h5-6,8H,3-4,7H2,1-2H3/t5-,6-/m1/s1. The first-order chi connectivity index (χ1) is 4.13. The van der Waals surface area contributed by atoms with Gasteiger partial charge in [0.1, 0.15) is 0 Å².